The SMILES string of the molecule is C[C@H](Cc1nncn1C)c1cccc(CC(=O)c2cn3ccnc3cn2)c1. The maximum absolute atomic E-state index is 12.6. The minimum absolute atomic E-state index is 0.0105. The number of benzene rings is 1. The van der Waals surface area contributed by atoms with E-state index in [2.05, 4.69) is 39.2 Å². The van der Waals surface area contributed by atoms with Crippen molar-refractivity contribution in [2.24, 2.45) is 7.05 Å². The topological polar surface area (TPSA) is 78.0 Å². The van der Waals surface area contributed by atoms with Gasteiger partial charge in [-0.05, 0) is 17.0 Å². The second-order valence-corrected chi connectivity index (χ2v) is 6.77. The van der Waals surface area contributed by atoms with Gasteiger partial charge in [0.15, 0.2) is 11.4 Å². The van der Waals surface area contributed by atoms with E-state index in [4.69, 9.17) is 0 Å². The van der Waals surface area contributed by atoms with Crippen LogP contribution in [-0.2, 0) is 19.9 Å². The molecule has 3 aromatic heterocycles. The van der Waals surface area contributed by atoms with Gasteiger partial charge in [0.1, 0.15) is 17.8 Å². The third-order valence-corrected chi connectivity index (χ3v) is 4.74. The highest BCUT2D eigenvalue weighted by atomic mass is 16.1. The molecule has 0 spiro atoms. The molecule has 1 atom stereocenters. The van der Waals surface area contributed by atoms with Gasteiger partial charge in [-0.1, -0.05) is 31.2 Å². The van der Waals surface area contributed by atoms with E-state index < -0.39 is 0 Å². The molecule has 0 aliphatic heterocycles. The molecule has 0 unspecified atom stereocenters. The number of hydrogen-bond donors (Lipinski definition) is 0. The van der Waals surface area contributed by atoms with Crippen LogP contribution in [0, 0.1) is 0 Å². The van der Waals surface area contributed by atoms with E-state index >= 15 is 0 Å². The van der Waals surface area contributed by atoms with Gasteiger partial charge in [0.2, 0.25) is 0 Å². The number of ketones is 1. The van der Waals surface area contributed by atoms with Gasteiger partial charge in [-0.3, -0.25) is 4.79 Å². The summed E-state index contributed by atoms with van der Waals surface area (Å²) in [6, 6.07) is 8.16. The van der Waals surface area contributed by atoms with Crippen molar-refractivity contribution in [2.45, 2.75) is 25.7 Å². The molecule has 0 aliphatic rings. The van der Waals surface area contributed by atoms with E-state index in [-0.39, 0.29) is 11.7 Å². The largest absolute Gasteiger partial charge is 0.321 e. The summed E-state index contributed by atoms with van der Waals surface area (Å²) in [5.74, 6) is 1.22. The second-order valence-electron chi connectivity index (χ2n) is 6.77. The normalized spacial score (nSPS) is 12.4. The van der Waals surface area contributed by atoms with E-state index in [0.717, 1.165) is 23.5 Å². The first-order valence-electron chi connectivity index (χ1n) is 8.84. The highest BCUT2D eigenvalue weighted by molar-refractivity contribution is 5.95. The number of imidazole rings is 1. The van der Waals surface area contributed by atoms with Crippen LogP contribution in [0.4, 0.5) is 0 Å². The fraction of sp³-hybridized carbons (Fsp3) is 0.250. The van der Waals surface area contributed by atoms with Crippen LogP contribution in [0.25, 0.3) is 5.65 Å². The van der Waals surface area contributed by atoms with Crippen molar-refractivity contribution in [3.63, 3.8) is 0 Å². The third-order valence-electron chi connectivity index (χ3n) is 4.74. The van der Waals surface area contributed by atoms with Crippen LogP contribution in [0.3, 0.4) is 0 Å². The van der Waals surface area contributed by atoms with Crippen LogP contribution in [-0.4, -0.2) is 34.9 Å². The van der Waals surface area contributed by atoms with Gasteiger partial charge >= 0.3 is 0 Å². The number of carbonyl (C=O) groups excluding carboxylic acids is 1. The zero-order valence-corrected chi connectivity index (χ0v) is 15.3. The summed E-state index contributed by atoms with van der Waals surface area (Å²) in [5.41, 5.74) is 3.33. The van der Waals surface area contributed by atoms with Gasteiger partial charge in [-0.25, -0.2) is 9.97 Å². The molecule has 3 heterocycles. The number of Topliss-reactive ketones (excluding diaryl/α,β-unsaturated/α-hetero) is 1. The van der Waals surface area contributed by atoms with Gasteiger partial charge in [0.05, 0.1) is 6.20 Å². The monoisotopic (exact) mass is 360 g/mol. The van der Waals surface area contributed by atoms with Crippen molar-refractivity contribution >= 4 is 11.4 Å². The predicted molar refractivity (Wildman–Crippen MR) is 101 cm³/mol. The molecule has 0 fully saturated rings. The van der Waals surface area contributed by atoms with Crippen LogP contribution < -0.4 is 0 Å². The fourth-order valence-electron chi connectivity index (χ4n) is 3.14. The van der Waals surface area contributed by atoms with Crippen molar-refractivity contribution in [1.82, 2.24) is 29.1 Å². The number of fused-ring (bicyclic) bond motifs is 1. The molecule has 0 bridgehead atoms. The zero-order valence-electron chi connectivity index (χ0n) is 15.3. The smallest absolute Gasteiger partial charge is 0.187 e. The Bertz CT molecular complexity index is 1100. The molecular formula is C20H20N6O. The minimum Gasteiger partial charge on any atom is -0.321 e. The van der Waals surface area contributed by atoms with Crippen molar-refractivity contribution in [1.29, 1.82) is 0 Å². The lowest BCUT2D eigenvalue weighted by Crippen LogP contribution is -2.09. The van der Waals surface area contributed by atoms with Crippen molar-refractivity contribution in [3.8, 4) is 0 Å². The molecule has 0 amide bonds. The standard InChI is InChI=1S/C20H20N6O/c1-14(8-19-24-23-13-25(19)2)16-5-3-4-15(9-16)10-18(27)17-12-26-7-6-21-20(26)11-22-17/h3-7,9,11-14H,8,10H2,1-2H3/t14-/m1/s1. The van der Waals surface area contributed by atoms with Crippen molar-refractivity contribution < 1.29 is 4.79 Å². The van der Waals surface area contributed by atoms with Crippen LogP contribution in [0.1, 0.15) is 40.3 Å². The molecule has 1 aromatic carbocycles. The van der Waals surface area contributed by atoms with Crippen LogP contribution >= 0.6 is 0 Å². The summed E-state index contributed by atoms with van der Waals surface area (Å²) in [7, 11) is 1.95. The number of aryl methyl sites for hydroxylation is 1. The summed E-state index contributed by atoms with van der Waals surface area (Å²) < 4.78 is 3.74. The van der Waals surface area contributed by atoms with E-state index in [9.17, 15) is 4.79 Å². The summed E-state index contributed by atoms with van der Waals surface area (Å²) in [4.78, 5) is 21.0. The fourth-order valence-corrected chi connectivity index (χ4v) is 3.14. The van der Waals surface area contributed by atoms with E-state index in [1.807, 2.05) is 29.9 Å². The lowest BCUT2D eigenvalue weighted by molar-refractivity contribution is 0.0987. The number of aromatic nitrogens is 6. The lowest BCUT2D eigenvalue weighted by Gasteiger charge is -2.12. The molecule has 0 saturated carbocycles. The summed E-state index contributed by atoms with van der Waals surface area (Å²) in [6.45, 7) is 2.16. The van der Waals surface area contributed by atoms with Gasteiger partial charge in [0, 0.05) is 38.5 Å². The molecule has 4 aromatic rings. The Kier molecular flexibility index (Phi) is 4.50. The van der Waals surface area contributed by atoms with Gasteiger partial charge < -0.3 is 8.97 Å². The number of carbonyl (C=O) groups is 1. The van der Waals surface area contributed by atoms with Crippen LogP contribution in [0.15, 0.2) is 55.4 Å². The maximum atomic E-state index is 12.6. The van der Waals surface area contributed by atoms with Crippen LogP contribution in [0.5, 0.6) is 0 Å². The molecule has 0 aliphatic carbocycles. The zero-order chi connectivity index (χ0) is 18.8. The number of nitrogens with zero attached hydrogens (tertiary/aromatic N) is 6. The first-order chi connectivity index (χ1) is 13.1. The quantitative estimate of drug-likeness (QED) is 0.494. The first kappa shape index (κ1) is 17.1. The van der Waals surface area contributed by atoms with E-state index in [1.54, 1.807) is 29.3 Å². The predicted octanol–water partition coefficient (Wildman–Crippen LogP) is 2.63. The third kappa shape index (κ3) is 3.62. The number of hydrogen-bond acceptors (Lipinski definition) is 5. The molecule has 7 nitrogen and oxygen atoms in total. The van der Waals surface area contributed by atoms with Crippen LogP contribution in [0.2, 0.25) is 0 Å². The van der Waals surface area contributed by atoms with E-state index in [0.29, 0.717) is 12.1 Å². The van der Waals surface area contributed by atoms with Gasteiger partial charge in [0.25, 0.3) is 0 Å². The highest BCUT2D eigenvalue weighted by Crippen LogP contribution is 2.21. The summed E-state index contributed by atoms with van der Waals surface area (Å²) in [6.07, 6.45) is 9.67. The summed E-state index contributed by atoms with van der Waals surface area (Å²) in [5, 5.41) is 8.09. The molecular weight excluding hydrogens is 340 g/mol. The maximum Gasteiger partial charge on any atom is 0.187 e. The number of rotatable bonds is 6. The second kappa shape index (κ2) is 7.11. The Balaban J connectivity index is 1.50. The Hall–Kier alpha value is -3.35. The Morgan fingerprint density at radius 1 is 1.26 bits per heavy atom. The summed E-state index contributed by atoms with van der Waals surface area (Å²) >= 11 is 0. The molecule has 4 rings (SSSR count). The Morgan fingerprint density at radius 2 is 2.15 bits per heavy atom. The minimum atomic E-state index is -0.0105. The average molecular weight is 360 g/mol. The Labute approximate surface area is 156 Å². The average Bonchev–Trinajstić information content (AvgIpc) is 3.30. The first-order valence-corrected chi connectivity index (χ1v) is 8.84. The van der Waals surface area contributed by atoms with Gasteiger partial charge in [-0.2, -0.15) is 0 Å². The van der Waals surface area contributed by atoms with Crippen molar-refractivity contribution in [2.75, 3.05) is 0 Å². The molecule has 0 radical (unpaired) electrons. The van der Waals surface area contributed by atoms with Crippen molar-refractivity contribution in [3.05, 3.63) is 78.0 Å². The van der Waals surface area contributed by atoms with Gasteiger partial charge in [-0.15, -0.1) is 10.2 Å². The Morgan fingerprint density at radius 3 is 2.96 bits per heavy atom. The molecule has 7 heteroatoms. The highest BCUT2D eigenvalue weighted by Gasteiger charge is 2.14. The molecule has 136 valence electrons. The lowest BCUT2D eigenvalue weighted by atomic mass is 9.94. The molecule has 0 N–H and O–H groups in total. The molecule has 0 saturated heterocycles. The molecule has 27 heavy (non-hydrogen) atoms. The van der Waals surface area contributed by atoms with E-state index in [1.165, 1.54) is 5.56 Å².